The SMILES string of the molecule is OC(Cc1cccc(F)c1)c1cc2cc(F)ccc2s1. The predicted octanol–water partition coefficient (Wildman–Crippen LogP) is 4.46. The molecule has 1 heterocycles. The van der Waals surface area contributed by atoms with Gasteiger partial charge >= 0.3 is 0 Å². The number of aliphatic hydroxyl groups is 1. The molecule has 0 aliphatic carbocycles. The topological polar surface area (TPSA) is 20.2 Å². The first-order chi connectivity index (χ1) is 9.61. The summed E-state index contributed by atoms with van der Waals surface area (Å²) in [4.78, 5) is 0.759. The Morgan fingerprint density at radius 3 is 2.60 bits per heavy atom. The first-order valence-electron chi connectivity index (χ1n) is 6.23. The largest absolute Gasteiger partial charge is 0.387 e. The number of thiophene rings is 1. The van der Waals surface area contributed by atoms with Crippen molar-refractivity contribution in [3.8, 4) is 0 Å². The Morgan fingerprint density at radius 2 is 1.80 bits per heavy atom. The highest BCUT2D eigenvalue weighted by atomic mass is 32.1. The lowest BCUT2D eigenvalue weighted by Crippen LogP contribution is -1.99. The Hall–Kier alpha value is -1.78. The molecule has 3 aromatic rings. The van der Waals surface area contributed by atoms with E-state index in [0.29, 0.717) is 6.42 Å². The standard InChI is InChI=1S/C16H12F2OS/c17-12-3-1-2-10(6-12)7-14(19)16-9-11-8-13(18)4-5-15(11)20-16/h1-6,8-9,14,19H,7H2. The zero-order chi connectivity index (χ0) is 14.1. The van der Waals surface area contributed by atoms with E-state index in [0.717, 1.165) is 20.5 Å². The summed E-state index contributed by atoms with van der Waals surface area (Å²) >= 11 is 1.43. The maximum atomic E-state index is 13.1. The summed E-state index contributed by atoms with van der Waals surface area (Å²) in [7, 11) is 0. The number of hydrogen-bond acceptors (Lipinski definition) is 2. The van der Waals surface area contributed by atoms with Crippen LogP contribution in [0.25, 0.3) is 10.1 Å². The molecule has 0 radical (unpaired) electrons. The summed E-state index contributed by atoms with van der Waals surface area (Å²) in [5.74, 6) is -0.602. The van der Waals surface area contributed by atoms with Crippen molar-refractivity contribution >= 4 is 21.4 Å². The summed E-state index contributed by atoms with van der Waals surface area (Å²) in [6, 6.07) is 12.5. The Kier molecular flexibility index (Phi) is 3.51. The highest BCUT2D eigenvalue weighted by Crippen LogP contribution is 2.31. The van der Waals surface area contributed by atoms with E-state index in [1.807, 2.05) is 0 Å². The van der Waals surface area contributed by atoms with Crippen LogP contribution in [-0.2, 0) is 6.42 Å². The zero-order valence-electron chi connectivity index (χ0n) is 10.5. The zero-order valence-corrected chi connectivity index (χ0v) is 11.3. The van der Waals surface area contributed by atoms with Crippen LogP contribution in [0.4, 0.5) is 8.78 Å². The molecule has 0 aliphatic heterocycles. The van der Waals surface area contributed by atoms with Crippen molar-refractivity contribution in [2.45, 2.75) is 12.5 Å². The van der Waals surface area contributed by atoms with Crippen molar-refractivity contribution in [2.24, 2.45) is 0 Å². The molecule has 0 fully saturated rings. The fourth-order valence-corrected chi connectivity index (χ4v) is 3.22. The molecule has 1 aromatic heterocycles. The molecular weight excluding hydrogens is 278 g/mol. The maximum absolute atomic E-state index is 13.1. The number of benzene rings is 2. The highest BCUT2D eigenvalue weighted by Gasteiger charge is 2.13. The first kappa shape index (κ1) is 13.2. The van der Waals surface area contributed by atoms with Crippen molar-refractivity contribution in [3.63, 3.8) is 0 Å². The third-order valence-electron chi connectivity index (χ3n) is 3.14. The van der Waals surface area contributed by atoms with Gasteiger partial charge in [0.05, 0.1) is 6.10 Å². The average Bonchev–Trinajstić information content (AvgIpc) is 2.81. The van der Waals surface area contributed by atoms with E-state index in [4.69, 9.17) is 0 Å². The number of aliphatic hydroxyl groups excluding tert-OH is 1. The molecule has 1 atom stereocenters. The first-order valence-corrected chi connectivity index (χ1v) is 7.05. The molecule has 0 bridgehead atoms. The minimum absolute atomic E-state index is 0.290. The molecule has 1 nitrogen and oxygen atoms in total. The normalized spacial score (nSPS) is 12.8. The molecule has 0 amide bonds. The van der Waals surface area contributed by atoms with Gasteiger partial charge in [0.1, 0.15) is 11.6 Å². The summed E-state index contributed by atoms with van der Waals surface area (Å²) < 4.78 is 27.2. The predicted molar refractivity (Wildman–Crippen MR) is 76.8 cm³/mol. The number of hydrogen-bond donors (Lipinski definition) is 1. The van der Waals surface area contributed by atoms with Crippen LogP contribution < -0.4 is 0 Å². The van der Waals surface area contributed by atoms with Crippen LogP contribution in [0.5, 0.6) is 0 Å². The number of halogens is 2. The van der Waals surface area contributed by atoms with Gasteiger partial charge < -0.3 is 5.11 Å². The Labute approximate surface area is 119 Å². The Balaban J connectivity index is 1.86. The van der Waals surface area contributed by atoms with Crippen LogP contribution in [0.15, 0.2) is 48.5 Å². The van der Waals surface area contributed by atoms with Gasteiger partial charge in [-0.25, -0.2) is 8.78 Å². The van der Waals surface area contributed by atoms with Crippen LogP contribution in [0.1, 0.15) is 16.5 Å². The summed E-state index contributed by atoms with van der Waals surface area (Å²) in [6.07, 6.45) is -0.371. The van der Waals surface area contributed by atoms with Gasteiger partial charge in [0.2, 0.25) is 0 Å². The van der Waals surface area contributed by atoms with E-state index in [9.17, 15) is 13.9 Å². The fraction of sp³-hybridized carbons (Fsp3) is 0.125. The van der Waals surface area contributed by atoms with Crippen molar-refractivity contribution in [1.29, 1.82) is 0 Å². The monoisotopic (exact) mass is 290 g/mol. The lowest BCUT2D eigenvalue weighted by Gasteiger charge is -2.08. The van der Waals surface area contributed by atoms with E-state index in [-0.39, 0.29) is 11.6 Å². The number of rotatable bonds is 3. The third-order valence-corrected chi connectivity index (χ3v) is 4.36. The molecule has 3 rings (SSSR count). The van der Waals surface area contributed by atoms with Crippen LogP contribution in [0, 0.1) is 11.6 Å². The van der Waals surface area contributed by atoms with Gasteiger partial charge in [-0.05, 0) is 47.3 Å². The van der Waals surface area contributed by atoms with Crippen LogP contribution >= 0.6 is 11.3 Å². The Morgan fingerprint density at radius 1 is 1.00 bits per heavy atom. The van der Waals surface area contributed by atoms with Gasteiger partial charge in [-0.2, -0.15) is 0 Å². The van der Waals surface area contributed by atoms with Crippen LogP contribution in [0.2, 0.25) is 0 Å². The molecule has 0 saturated carbocycles. The van der Waals surface area contributed by atoms with Crippen molar-refractivity contribution < 1.29 is 13.9 Å². The van der Waals surface area contributed by atoms with Gasteiger partial charge in [-0.15, -0.1) is 11.3 Å². The van der Waals surface area contributed by atoms with Gasteiger partial charge in [0.15, 0.2) is 0 Å². The molecule has 20 heavy (non-hydrogen) atoms. The smallest absolute Gasteiger partial charge is 0.123 e. The average molecular weight is 290 g/mol. The van der Waals surface area contributed by atoms with Crippen molar-refractivity contribution in [1.82, 2.24) is 0 Å². The van der Waals surface area contributed by atoms with Gasteiger partial charge in [-0.3, -0.25) is 0 Å². The van der Waals surface area contributed by atoms with E-state index in [1.165, 1.54) is 35.6 Å². The molecular formula is C16H12F2OS. The molecule has 0 saturated heterocycles. The molecule has 1 N–H and O–H groups in total. The van der Waals surface area contributed by atoms with Crippen LogP contribution in [0.3, 0.4) is 0 Å². The third kappa shape index (κ3) is 2.71. The minimum Gasteiger partial charge on any atom is -0.387 e. The second-order valence-corrected chi connectivity index (χ2v) is 5.80. The lowest BCUT2D eigenvalue weighted by atomic mass is 10.1. The molecule has 2 aromatic carbocycles. The van der Waals surface area contributed by atoms with Crippen LogP contribution in [-0.4, -0.2) is 5.11 Å². The highest BCUT2D eigenvalue weighted by molar-refractivity contribution is 7.19. The molecule has 4 heteroatoms. The second-order valence-electron chi connectivity index (χ2n) is 4.68. The number of fused-ring (bicyclic) bond motifs is 1. The maximum Gasteiger partial charge on any atom is 0.123 e. The van der Waals surface area contributed by atoms with Crippen molar-refractivity contribution in [3.05, 3.63) is 70.6 Å². The summed E-state index contributed by atoms with van der Waals surface area (Å²) in [5.41, 5.74) is 0.737. The molecule has 1 unspecified atom stereocenters. The van der Waals surface area contributed by atoms with E-state index in [2.05, 4.69) is 0 Å². The van der Waals surface area contributed by atoms with E-state index in [1.54, 1.807) is 24.3 Å². The summed E-state index contributed by atoms with van der Waals surface area (Å²) in [6.45, 7) is 0. The summed E-state index contributed by atoms with van der Waals surface area (Å²) in [5, 5.41) is 11.0. The van der Waals surface area contributed by atoms with Gasteiger partial charge in [0.25, 0.3) is 0 Å². The van der Waals surface area contributed by atoms with Gasteiger partial charge in [-0.1, -0.05) is 12.1 Å². The quantitative estimate of drug-likeness (QED) is 0.755. The molecule has 0 aliphatic rings. The van der Waals surface area contributed by atoms with E-state index >= 15 is 0 Å². The van der Waals surface area contributed by atoms with E-state index < -0.39 is 6.10 Å². The Bertz CT molecular complexity index is 751. The lowest BCUT2D eigenvalue weighted by molar-refractivity contribution is 0.182. The second kappa shape index (κ2) is 5.31. The van der Waals surface area contributed by atoms with Crippen molar-refractivity contribution in [2.75, 3.05) is 0 Å². The fourth-order valence-electron chi connectivity index (χ4n) is 2.19. The molecule has 102 valence electrons. The minimum atomic E-state index is -0.711. The van der Waals surface area contributed by atoms with Gasteiger partial charge in [0, 0.05) is 16.0 Å². The molecule has 0 spiro atoms.